The van der Waals surface area contributed by atoms with Crippen LogP contribution in [0.4, 0.5) is 0 Å². The Morgan fingerprint density at radius 1 is 1.35 bits per heavy atom. The van der Waals surface area contributed by atoms with Gasteiger partial charge in [0.2, 0.25) is 0 Å². The van der Waals surface area contributed by atoms with E-state index in [0.717, 1.165) is 23.5 Å². The van der Waals surface area contributed by atoms with Crippen LogP contribution >= 0.6 is 15.9 Å². The lowest BCUT2D eigenvalue weighted by molar-refractivity contribution is 0.244. The highest BCUT2D eigenvalue weighted by Gasteiger charge is 2.29. The van der Waals surface area contributed by atoms with Crippen molar-refractivity contribution in [3.63, 3.8) is 0 Å². The summed E-state index contributed by atoms with van der Waals surface area (Å²) in [5.41, 5.74) is 1.37. The van der Waals surface area contributed by atoms with Crippen LogP contribution in [0.5, 0.6) is 5.75 Å². The zero-order chi connectivity index (χ0) is 12.3. The van der Waals surface area contributed by atoms with Crippen molar-refractivity contribution in [1.29, 1.82) is 0 Å². The minimum atomic E-state index is 0.678. The highest BCUT2D eigenvalue weighted by Crippen LogP contribution is 2.27. The second kappa shape index (κ2) is 5.87. The van der Waals surface area contributed by atoms with Gasteiger partial charge in [-0.15, -0.1) is 0 Å². The number of likely N-dealkylation sites (tertiary alicyclic amines) is 1. The van der Waals surface area contributed by atoms with Crippen molar-refractivity contribution in [3.05, 3.63) is 29.8 Å². The van der Waals surface area contributed by atoms with Gasteiger partial charge in [-0.25, -0.2) is 0 Å². The van der Waals surface area contributed by atoms with Crippen molar-refractivity contribution in [3.8, 4) is 5.75 Å². The molecule has 1 fully saturated rings. The Bertz CT molecular complexity index is 352. The Morgan fingerprint density at radius 2 is 2.06 bits per heavy atom. The topological polar surface area (TPSA) is 12.5 Å². The maximum absolute atomic E-state index is 5.18. The molecule has 94 valence electrons. The summed E-state index contributed by atoms with van der Waals surface area (Å²) in [5, 5.41) is 1.07. The molecule has 2 atom stereocenters. The molecule has 1 aliphatic rings. The van der Waals surface area contributed by atoms with Gasteiger partial charge in [0.25, 0.3) is 0 Å². The molecule has 1 aromatic carbocycles. The second-order valence-electron chi connectivity index (χ2n) is 4.81. The minimum Gasteiger partial charge on any atom is -0.497 e. The number of hydrogen-bond acceptors (Lipinski definition) is 2. The van der Waals surface area contributed by atoms with Crippen molar-refractivity contribution in [2.75, 3.05) is 19.0 Å². The van der Waals surface area contributed by atoms with E-state index in [1.165, 1.54) is 18.5 Å². The SMILES string of the molecule is COc1ccc(CN2CCC(C)C2CBr)cc1. The van der Waals surface area contributed by atoms with E-state index in [1.807, 2.05) is 12.1 Å². The van der Waals surface area contributed by atoms with E-state index in [1.54, 1.807) is 7.11 Å². The maximum Gasteiger partial charge on any atom is 0.118 e. The normalized spacial score (nSPS) is 25.1. The summed E-state index contributed by atoms with van der Waals surface area (Å²) < 4.78 is 5.18. The molecule has 1 aliphatic heterocycles. The number of rotatable bonds is 4. The van der Waals surface area contributed by atoms with E-state index in [9.17, 15) is 0 Å². The summed E-state index contributed by atoms with van der Waals surface area (Å²) in [7, 11) is 1.71. The molecule has 0 N–H and O–H groups in total. The summed E-state index contributed by atoms with van der Waals surface area (Å²) in [6.45, 7) is 4.61. The fraction of sp³-hybridized carbons (Fsp3) is 0.571. The number of methoxy groups -OCH3 is 1. The molecule has 1 aromatic rings. The fourth-order valence-corrected chi connectivity index (χ4v) is 3.55. The smallest absolute Gasteiger partial charge is 0.118 e. The summed E-state index contributed by atoms with van der Waals surface area (Å²) in [6, 6.07) is 9.08. The first-order valence-corrected chi connectivity index (χ1v) is 7.29. The van der Waals surface area contributed by atoms with E-state index in [2.05, 4.69) is 39.9 Å². The summed E-state index contributed by atoms with van der Waals surface area (Å²) in [6.07, 6.45) is 1.31. The molecule has 0 bridgehead atoms. The molecule has 17 heavy (non-hydrogen) atoms. The largest absolute Gasteiger partial charge is 0.497 e. The quantitative estimate of drug-likeness (QED) is 0.791. The monoisotopic (exact) mass is 297 g/mol. The van der Waals surface area contributed by atoms with Gasteiger partial charge >= 0.3 is 0 Å². The standard InChI is InChI=1S/C14H20BrNO/c1-11-7-8-16(14(11)9-15)10-12-3-5-13(17-2)6-4-12/h3-6,11,14H,7-10H2,1-2H3. The first-order chi connectivity index (χ1) is 8.24. The van der Waals surface area contributed by atoms with Crippen LogP contribution in [-0.2, 0) is 6.54 Å². The maximum atomic E-state index is 5.18. The Morgan fingerprint density at radius 3 is 2.65 bits per heavy atom. The molecular formula is C14H20BrNO. The number of alkyl halides is 1. The van der Waals surface area contributed by atoms with Crippen molar-refractivity contribution in [2.24, 2.45) is 5.92 Å². The van der Waals surface area contributed by atoms with Crippen LogP contribution in [0.3, 0.4) is 0 Å². The Balaban J connectivity index is 2.00. The Labute approximate surface area is 112 Å². The number of hydrogen-bond donors (Lipinski definition) is 0. The highest BCUT2D eigenvalue weighted by molar-refractivity contribution is 9.09. The van der Waals surface area contributed by atoms with Gasteiger partial charge in [0.05, 0.1) is 7.11 Å². The summed E-state index contributed by atoms with van der Waals surface area (Å²) in [4.78, 5) is 2.57. The van der Waals surface area contributed by atoms with Gasteiger partial charge in [0.15, 0.2) is 0 Å². The number of ether oxygens (including phenoxy) is 1. The zero-order valence-electron chi connectivity index (χ0n) is 10.5. The van der Waals surface area contributed by atoms with Crippen molar-refractivity contribution >= 4 is 15.9 Å². The Hall–Kier alpha value is -0.540. The van der Waals surface area contributed by atoms with E-state index in [0.29, 0.717) is 6.04 Å². The van der Waals surface area contributed by atoms with E-state index in [-0.39, 0.29) is 0 Å². The molecule has 3 heteroatoms. The van der Waals surface area contributed by atoms with Gasteiger partial charge < -0.3 is 4.74 Å². The predicted molar refractivity (Wildman–Crippen MR) is 74.8 cm³/mol. The molecule has 0 saturated carbocycles. The molecule has 2 unspecified atom stereocenters. The van der Waals surface area contributed by atoms with Crippen LogP contribution in [0.1, 0.15) is 18.9 Å². The van der Waals surface area contributed by atoms with Gasteiger partial charge in [0, 0.05) is 17.9 Å². The molecule has 1 heterocycles. The molecule has 0 aromatic heterocycles. The zero-order valence-corrected chi connectivity index (χ0v) is 12.1. The van der Waals surface area contributed by atoms with Crippen LogP contribution in [0.2, 0.25) is 0 Å². The van der Waals surface area contributed by atoms with Gasteiger partial charge in [-0.05, 0) is 36.6 Å². The third-order valence-corrected chi connectivity index (χ3v) is 4.36. The predicted octanol–water partition coefficient (Wildman–Crippen LogP) is 3.30. The van der Waals surface area contributed by atoms with Crippen LogP contribution in [0.15, 0.2) is 24.3 Å². The number of nitrogens with zero attached hydrogens (tertiary/aromatic N) is 1. The lowest BCUT2D eigenvalue weighted by Gasteiger charge is -2.25. The van der Waals surface area contributed by atoms with Crippen LogP contribution in [0.25, 0.3) is 0 Å². The van der Waals surface area contributed by atoms with Crippen molar-refractivity contribution in [2.45, 2.75) is 25.9 Å². The van der Waals surface area contributed by atoms with Crippen LogP contribution < -0.4 is 4.74 Å². The molecule has 0 amide bonds. The molecule has 1 saturated heterocycles. The molecule has 2 nitrogen and oxygen atoms in total. The highest BCUT2D eigenvalue weighted by atomic mass is 79.9. The molecule has 0 spiro atoms. The first-order valence-electron chi connectivity index (χ1n) is 6.17. The van der Waals surface area contributed by atoms with E-state index < -0.39 is 0 Å². The summed E-state index contributed by atoms with van der Waals surface area (Å²) >= 11 is 3.63. The van der Waals surface area contributed by atoms with Crippen LogP contribution in [0, 0.1) is 5.92 Å². The van der Waals surface area contributed by atoms with E-state index in [4.69, 9.17) is 4.74 Å². The lowest BCUT2D eigenvalue weighted by Crippen LogP contribution is -2.32. The third kappa shape index (κ3) is 3.02. The third-order valence-electron chi connectivity index (χ3n) is 3.70. The molecular weight excluding hydrogens is 278 g/mol. The molecule has 0 aliphatic carbocycles. The van der Waals surface area contributed by atoms with Gasteiger partial charge in [-0.3, -0.25) is 4.90 Å². The van der Waals surface area contributed by atoms with Crippen molar-refractivity contribution < 1.29 is 4.74 Å². The van der Waals surface area contributed by atoms with Gasteiger partial charge in [-0.2, -0.15) is 0 Å². The number of halogens is 1. The van der Waals surface area contributed by atoms with Gasteiger partial charge in [-0.1, -0.05) is 35.0 Å². The van der Waals surface area contributed by atoms with E-state index >= 15 is 0 Å². The minimum absolute atomic E-state index is 0.678. The average Bonchev–Trinajstić information content (AvgIpc) is 2.71. The number of benzene rings is 1. The fourth-order valence-electron chi connectivity index (χ4n) is 2.50. The molecule has 0 radical (unpaired) electrons. The average molecular weight is 298 g/mol. The lowest BCUT2D eigenvalue weighted by atomic mass is 10.0. The van der Waals surface area contributed by atoms with Gasteiger partial charge in [0.1, 0.15) is 5.75 Å². The first kappa shape index (κ1) is 12.9. The second-order valence-corrected chi connectivity index (χ2v) is 5.45. The Kier molecular flexibility index (Phi) is 4.46. The molecule has 2 rings (SSSR count). The summed E-state index contributed by atoms with van der Waals surface area (Å²) in [5.74, 6) is 1.73. The van der Waals surface area contributed by atoms with Crippen molar-refractivity contribution in [1.82, 2.24) is 4.90 Å². The van der Waals surface area contributed by atoms with Crippen LogP contribution in [-0.4, -0.2) is 29.9 Å².